The highest BCUT2D eigenvalue weighted by molar-refractivity contribution is 5.86. The van der Waals surface area contributed by atoms with Crippen molar-refractivity contribution in [3.63, 3.8) is 0 Å². The molecule has 31 heavy (non-hydrogen) atoms. The first-order valence-corrected chi connectivity index (χ1v) is 11.6. The molecule has 164 valence electrons. The summed E-state index contributed by atoms with van der Waals surface area (Å²) in [6, 6.07) is 14.1. The fourth-order valence-electron chi connectivity index (χ4n) is 6.33. The average molecular weight is 425 g/mol. The van der Waals surface area contributed by atoms with Gasteiger partial charge in [-0.3, -0.25) is 9.69 Å². The molecule has 3 nitrogen and oxygen atoms in total. The van der Waals surface area contributed by atoms with Gasteiger partial charge in [-0.25, -0.2) is 8.78 Å². The summed E-state index contributed by atoms with van der Waals surface area (Å²) in [4.78, 5) is 15.5. The summed E-state index contributed by atoms with van der Waals surface area (Å²) >= 11 is 0. The standard InChI is InChI=1S/C26H30F2N2O/c27-20-9-5-18(6-10-20)22-3-1-2-4-24(22)30-15-13-26(14-16-30)23(17-29-25(26)31)19-7-11-21(28)12-8-19/h5-12,22-24H,1-4,13-17H2,(H,29,31)/t22-,23+,24-/m0/s1. The molecule has 3 aliphatic rings. The molecule has 0 unspecified atom stereocenters. The van der Waals surface area contributed by atoms with Crippen molar-refractivity contribution in [1.82, 2.24) is 10.2 Å². The normalized spacial score (nSPS) is 28.6. The summed E-state index contributed by atoms with van der Waals surface area (Å²) < 4.78 is 26.9. The lowest BCUT2D eigenvalue weighted by Crippen LogP contribution is -2.51. The summed E-state index contributed by atoms with van der Waals surface area (Å²) in [5, 5.41) is 3.09. The second kappa shape index (κ2) is 8.34. The van der Waals surface area contributed by atoms with Gasteiger partial charge in [0.15, 0.2) is 0 Å². The van der Waals surface area contributed by atoms with Crippen molar-refractivity contribution in [2.75, 3.05) is 19.6 Å². The Hall–Kier alpha value is -2.27. The van der Waals surface area contributed by atoms with E-state index in [1.54, 1.807) is 12.1 Å². The second-order valence-electron chi connectivity index (χ2n) is 9.52. The molecule has 3 fully saturated rings. The average Bonchev–Trinajstić information content (AvgIpc) is 3.11. The van der Waals surface area contributed by atoms with Gasteiger partial charge >= 0.3 is 0 Å². The molecular formula is C26H30F2N2O. The molecular weight excluding hydrogens is 394 g/mol. The van der Waals surface area contributed by atoms with Crippen LogP contribution in [0.5, 0.6) is 0 Å². The van der Waals surface area contributed by atoms with E-state index >= 15 is 0 Å². The zero-order valence-corrected chi connectivity index (χ0v) is 17.8. The third-order valence-corrected chi connectivity index (χ3v) is 8.05. The van der Waals surface area contributed by atoms with E-state index in [0.717, 1.165) is 44.3 Å². The third-order valence-electron chi connectivity index (χ3n) is 8.05. The quantitative estimate of drug-likeness (QED) is 0.753. The molecule has 0 radical (unpaired) electrons. The number of piperidine rings is 1. The molecule has 5 rings (SSSR count). The van der Waals surface area contributed by atoms with Crippen LogP contribution in [0.2, 0.25) is 0 Å². The molecule has 2 saturated heterocycles. The molecule has 5 heteroatoms. The van der Waals surface area contributed by atoms with E-state index in [1.807, 2.05) is 24.3 Å². The third kappa shape index (κ3) is 3.78. The van der Waals surface area contributed by atoms with Gasteiger partial charge < -0.3 is 5.32 Å². The number of rotatable bonds is 3. The summed E-state index contributed by atoms with van der Waals surface area (Å²) in [6.07, 6.45) is 6.38. The Morgan fingerprint density at radius 3 is 2.06 bits per heavy atom. The number of halogens is 2. The van der Waals surface area contributed by atoms with Gasteiger partial charge in [0.2, 0.25) is 5.91 Å². The first-order valence-electron chi connectivity index (χ1n) is 11.6. The van der Waals surface area contributed by atoms with Gasteiger partial charge in [-0.1, -0.05) is 37.1 Å². The number of likely N-dealkylation sites (tertiary alicyclic amines) is 1. The number of hydrogen-bond acceptors (Lipinski definition) is 2. The minimum Gasteiger partial charge on any atom is -0.355 e. The maximum Gasteiger partial charge on any atom is 0.227 e. The van der Waals surface area contributed by atoms with Crippen molar-refractivity contribution >= 4 is 5.91 Å². The molecule has 1 spiro atoms. The molecule has 3 atom stereocenters. The van der Waals surface area contributed by atoms with E-state index in [9.17, 15) is 13.6 Å². The van der Waals surface area contributed by atoms with Crippen molar-refractivity contribution in [1.29, 1.82) is 0 Å². The topological polar surface area (TPSA) is 32.3 Å². The first-order chi connectivity index (χ1) is 15.1. The number of nitrogens with zero attached hydrogens (tertiary/aromatic N) is 1. The number of carbonyl (C=O) groups is 1. The monoisotopic (exact) mass is 424 g/mol. The molecule has 0 aromatic heterocycles. The van der Waals surface area contributed by atoms with Crippen LogP contribution in [0.15, 0.2) is 48.5 Å². The second-order valence-corrected chi connectivity index (χ2v) is 9.52. The van der Waals surface area contributed by atoms with Gasteiger partial charge in [0.1, 0.15) is 11.6 Å². The van der Waals surface area contributed by atoms with Gasteiger partial charge in [-0.2, -0.15) is 0 Å². The zero-order valence-electron chi connectivity index (χ0n) is 17.8. The van der Waals surface area contributed by atoms with Crippen LogP contribution in [0.25, 0.3) is 0 Å². The van der Waals surface area contributed by atoms with E-state index in [0.29, 0.717) is 18.5 Å². The van der Waals surface area contributed by atoms with E-state index in [1.165, 1.54) is 30.5 Å². The first kappa shape index (κ1) is 20.6. The Morgan fingerprint density at radius 2 is 1.42 bits per heavy atom. The molecule has 1 aliphatic carbocycles. The fraction of sp³-hybridized carbons (Fsp3) is 0.500. The van der Waals surface area contributed by atoms with Gasteiger partial charge in [0.05, 0.1) is 5.41 Å². The number of amides is 1. The van der Waals surface area contributed by atoms with Gasteiger partial charge in [-0.05, 0) is 80.1 Å². The van der Waals surface area contributed by atoms with Crippen LogP contribution >= 0.6 is 0 Å². The van der Waals surface area contributed by atoms with E-state index in [4.69, 9.17) is 0 Å². The SMILES string of the molecule is O=C1NC[C@H](c2ccc(F)cc2)C12CCN([C@H]1CCCC[C@H]1c1ccc(F)cc1)CC2. The molecule has 1 amide bonds. The highest BCUT2D eigenvalue weighted by Crippen LogP contribution is 2.49. The van der Waals surface area contributed by atoms with Gasteiger partial charge in [-0.15, -0.1) is 0 Å². The highest BCUT2D eigenvalue weighted by Gasteiger charge is 2.52. The van der Waals surface area contributed by atoms with Crippen LogP contribution in [0.1, 0.15) is 61.5 Å². The van der Waals surface area contributed by atoms with E-state index in [-0.39, 0.29) is 23.5 Å². The molecule has 0 bridgehead atoms. The molecule has 1 N–H and O–H groups in total. The zero-order chi connectivity index (χ0) is 21.4. The maximum atomic E-state index is 13.4. The molecule has 2 aromatic rings. The van der Waals surface area contributed by atoms with Gasteiger partial charge in [0.25, 0.3) is 0 Å². The predicted molar refractivity (Wildman–Crippen MR) is 117 cm³/mol. The Morgan fingerprint density at radius 1 is 0.839 bits per heavy atom. The number of hydrogen-bond donors (Lipinski definition) is 1. The lowest BCUT2D eigenvalue weighted by molar-refractivity contribution is -0.131. The summed E-state index contributed by atoms with van der Waals surface area (Å²) in [5.74, 6) is 0.250. The van der Waals surface area contributed by atoms with Crippen molar-refractivity contribution in [3.8, 4) is 0 Å². The van der Waals surface area contributed by atoms with E-state index in [2.05, 4.69) is 10.2 Å². The Labute approximate surface area is 182 Å². The lowest BCUT2D eigenvalue weighted by Gasteiger charge is -2.47. The van der Waals surface area contributed by atoms with Crippen LogP contribution in [0.3, 0.4) is 0 Å². The Kier molecular flexibility index (Phi) is 5.55. The van der Waals surface area contributed by atoms with Crippen molar-refractivity contribution in [2.45, 2.75) is 56.4 Å². The van der Waals surface area contributed by atoms with Gasteiger partial charge in [0, 0.05) is 18.5 Å². The molecule has 2 aromatic carbocycles. The van der Waals surface area contributed by atoms with Crippen LogP contribution < -0.4 is 5.32 Å². The fourth-order valence-corrected chi connectivity index (χ4v) is 6.33. The minimum absolute atomic E-state index is 0.0991. The van der Waals surface area contributed by atoms with Crippen molar-refractivity contribution in [3.05, 3.63) is 71.3 Å². The highest BCUT2D eigenvalue weighted by atomic mass is 19.1. The Balaban J connectivity index is 1.34. The van der Waals surface area contributed by atoms with E-state index < -0.39 is 5.41 Å². The molecule has 2 heterocycles. The smallest absolute Gasteiger partial charge is 0.227 e. The summed E-state index contributed by atoms with van der Waals surface area (Å²) in [6.45, 7) is 2.42. The van der Waals surface area contributed by atoms with Crippen LogP contribution in [-0.2, 0) is 4.79 Å². The predicted octanol–water partition coefficient (Wildman–Crippen LogP) is 4.99. The van der Waals surface area contributed by atoms with Crippen LogP contribution in [-0.4, -0.2) is 36.5 Å². The van der Waals surface area contributed by atoms with Crippen LogP contribution in [0.4, 0.5) is 8.78 Å². The summed E-state index contributed by atoms with van der Waals surface area (Å²) in [5.41, 5.74) is 1.89. The van der Waals surface area contributed by atoms with Crippen molar-refractivity contribution < 1.29 is 13.6 Å². The number of carbonyl (C=O) groups excluding carboxylic acids is 1. The summed E-state index contributed by atoms with van der Waals surface area (Å²) in [7, 11) is 0. The maximum absolute atomic E-state index is 13.4. The largest absolute Gasteiger partial charge is 0.355 e. The molecule has 2 aliphatic heterocycles. The van der Waals surface area contributed by atoms with Crippen LogP contribution in [0, 0.1) is 17.0 Å². The Bertz CT molecular complexity index is 919. The number of benzene rings is 2. The number of nitrogens with one attached hydrogen (secondary N) is 1. The lowest BCUT2D eigenvalue weighted by atomic mass is 9.67. The van der Waals surface area contributed by atoms with Crippen molar-refractivity contribution in [2.24, 2.45) is 5.41 Å². The molecule has 1 saturated carbocycles. The minimum atomic E-state index is -0.394.